The van der Waals surface area contributed by atoms with Crippen LogP contribution in [-0.4, -0.2) is 23.3 Å². The summed E-state index contributed by atoms with van der Waals surface area (Å²) in [6.07, 6.45) is -8.90. The molecule has 0 saturated heterocycles. The highest BCUT2D eigenvalue weighted by molar-refractivity contribution is 4.90. The molecular formula is C8H11F5O. The monoisotopic (exact) mass is 218 g/mol. The van der Waals surface area contributed by atoms with Crippen molar-refractivity contribution in [3.63, 3.8) is 0 Å². The number of hydrogen-bond acceptors (Lipinski definition) is 1. The van der Waals surface area contributed by atoms with E-state index in [9.17, 15) is 27.1 Å². The third-order valence-corrected chi connectivity index (χ3v) is 2.63. The van der Waals surface area contributed by atoms with Crippen LogP contribution < -0.4 is 0 Å². The van der Waals surface area contributed by atoms with Gasteiger partial charge in [-0.05, 0) is 25.7 Å². The van der Waals surface area contributed by atoms with E-state index in [2.05, 4.69) is 0 Å². The average molecular weight is 218 g/mol. The van der Waals surface area contributed by atoms with Crippen molar-refractivity contribution in [2.24, 2.45) is 5.92 Å². The Kier molecular flexibility index (Phi) is 3.04. The minimum Gasteiger partial charge on any atom is -0.384 e. The van der Waals surface area contributed by atoms with Crippen molar-refractivity contribution >= 4 is 0 Å². The summed E-state index contributed by atoms with van der Waals surface area (Å²) in [5.74, 6) is -1.80. The number of hydrogen-bond donors (Lipinski definition) is 1. The van der Waals surface area contributed by atoms with Crippen molar-refractivity contribution in [3.05, 3.63) is 0 Å². The van der Waals surface area contributed by atoms with Crippen LogP contribution in [0.15, 0.2) is 0 Å². The lowest BCUT2D eigenvalue weighted by atomic mass is 9.78. The van der Waals surface area contributed by atoms with Crippen LogP contribution in [0.5, 0.6) is 0 Å². The van der Waals surface area contributed by atoms with E-state index < -0.39 is 30.5 Å². The second-order valence-corrected chi connectivity index (χ2v) is 3.74. The fourth-order valence-electron chi connectivity index (χ4n) is 1.76. The molecule has 1 aliphatic rings. The first-order valence-corrected chi connectivity index (χ1v) is 4.33. The summed E-state index contributed by atoms with van der Waals surface area (Å²) in [4.78, 5) is 0. The molecule has 0 spiro atoms. The molecular weight excluding hydrogens is 207 g/mol. The third kappa shape index (κ3) is 2.34. The minimum atomic E-state index is -4.48. The molecule has 0 bridgehead atoms. The largest absolute Gasteiger partial charge is 0.391 e. The lowest BCUT2D eigenvalue weighted by Crippen LogP contribution is -2.45. The smallest absolute Gasteiger partial charge is 0.384 e. The topological polar surface area (TPSA) is 20.2 Å². The first kappa shape index (κ1) is 11.7. The van der Waals surface area contributed by atoms with Gasteiger partial charge in [0, 0.05) is 0 Å². The summed E-state index contributed by atoms with van der Waals surface area (Å²) in [6.45, 7) is 0. The quantitative estimate of drug-likeness (QED) is 0.671. The molecule has 0 aromatic rings. The Morgan fingerprint density at radius 3 is 2.29 bits per heavy atom. The number of aliphatic hydroxyl groups is 1. The zero-order valence-electron chi connectivity index (χ0n) is 7.32. The Hall–Kier alpha value is -0.390. The Morgan fingerprint density at radius 2 is 1.86 bits per heavy atom. The number of alkyl halides is 5. The molecule has 0 heterocycles. The molecule has 0 aromatic heterocycles. The summed E-state index contributed by atoms with van der Waals surface area (Å²) >= 11 is 0. The summed E-state index contributed by atoms with van der Waals surface area (Å²) in [5.41, 5.74) is -2.45. The maximum atomic E-state index is 12.2. The van der Waals surface area contributed by atoms with Crippen molar-refractivity contribution in [1.82, 2.24) is 0 Å². The predicted octanol–water partition coefficient (Wildman–Crippen LogP) is 2.74. The van der Waals surface area contributed by atoms with E-state index in [1.165, 1.54) is 0 Å². The van der Waals surface area contributed by atoms with Gasteiger partial charge in [-0.2, -0.15) is 13.2 Å². The van der Waals surface area contributed by atoms with Crippen LogP contribution in [0.3, 0.4) is 0 Å². The van der Waals surface area contributed by atoms with Crippen molar-refractivity contribution < 1.29 is 27.1 Å². The lowest BCUT2D eigenvalue weighted by Gasteiger charge is -2.36. The molecule has 0 aliphatic heterocycles. The van der Waals surface area contributed by atoms with E-state index in [0.717, 1.165) is 0 Å². The Balaban J connectivity index is 2.69. The average Bonchev–Trinajstić information content (AvgIpc) is 2.02. The lowest BCUT2D eigenvalue weighted by molar-refractivity contribution is -0.216. The molecule has 2 atom stereocenters. The van der Waals surface area contributed by atoms with Gasteiger partial charge in [0.05, 0.1) is 5.92 Å². The van der Waals surface area contributed by atoms with E-state index in [0.29, 0.717) is 0 Å². The normalized spacial score (nSPS) is 34.9. The fourth-order valence-corrected chi connectivity index (χ4v) is 1.76. The van der Waals surface area contributed by atoms with E-state index in [-0.39, 0.29) is 19.3 Å². The van der Waals surface area contributed by atoms with Crippen molar-refractivity contribution in [2.75, 3.05) is 0 Å². The highest BCUT2D eigenvalue weighted by atomic mass is 19.4. The van der Waals surface area contributed by atoms with E-state index in [4.69, 9.17) is 0 Å². The number of rotatable bonds is 1. The summed E-state index contributed by atoms with van der Waals surface area (Å²) in [6, 6.07) is 0. The summed E-state index contributed by atoms with van der Waals surface area (Å²) in [7, 11) is 0. The molecule has 0 amide bonds. The maximum Gasteiger partial charge on any atom is 0.391 e. The number of halogens is 5. The molecule has 1 aliphatic carbocycles. The minimum absolute atomic E-state index is 0.00891. The van der Waals surface area contributed by atoms with Crippen molar-refractivity contribution in [2.45, 2.75) is 43.9 Å². The second-order valence-electron chi connectivity index (χ2n) is 3.74. The third-order valence-electron chi connectivity index (χ3n) is 2.63. The highest BCUT2D eigenvalue weighted by Crippen LogP contribution is 2.43. The summed E-state index contributed by atoms with van der Waals surface area (Å²) in [5, 5.41) is 9.23. The zero-order chi connectivity index (χ0) is 11.0. The van der Waals surface area contributed by atoms with Gasteiger partial charge in [-0.15, -0.1) is 0 Å². The van der Waals surface area contributed by atoms with Gasteiger partial charge >= 0.3 is 6.18 Å². The van der Waals surface area contributed by atoms with Crippen LogP contribution >= 0.6 is 0 Å². The first-order chi connectivity index (χ1) is 6.26. The standard InChI is InChI=1S/C8H11F5O/c9-6(10)7(14)3-1-2-5(4-7)8(11,12)13/h5-6,14H,1-4H2. The van der Waals surface area contributed by atoms with Crippen LogP contribution in [0.4, 0.5) is 22.0 Å². The molecule has 14 heavy (non-hydrogen) atoms. The van der Waals surface area contributed by atoms with Crippen LogP contribution in [0.2, 0.25) is 0 Å². The van der Waals surface area contributed by atoms with Gasteiger partial charge in [-0.25, -0.2) is 8.78 Å². The molecule has 84 valence electrons. The molecule has 1 fully saturated rings. The van der Waals surface area contributed by atoms with Gasteiger partial charge < -0.3 is 5.11 Å². The van der Waals surface area contributed by atoms with Gasteiger partial charge in [0.1, 0.15) is 5.60 Å². The van der Waals surface area contributed by atoms with Gasteiger partial charge in [-0.3, -0.25) is 0 Å². The van der Waals surface area contributed by atoms with E-state index in [1.807, 2.05) is 0 Å². The molecule has 0 aromatic carbocycles. The zero-order valence-corrected chi connectivity index (χ0v) is 7.32. The van der Waals surface area contributed by atoms with Gasteiger partial charge in [0.25, 0.3) is 6.43 Å². The van der Waals surface area contributed by atoms with Gasteiger partial charge in [0.15, 0.2) is 0 Å². The SMILES string of the molecule is OC1(C(F)F)CCCC(C(F)(F)F)C1. The van der Waals surface area contributed by atoms with E-state index in [1.54, 1.807) is 0 Å². The Bertz CT molecular complexity index is 202. The molecule has 1 N–H and O–H groups in total. The van der Waals surface area contributed by atoms with Crippen LogP contribution in [0.25, 0.3) is 0 Å². The molecule has 1 saturated carbocycles. The van der Waals surface area contributed by atoms with Gasteiger partial charge in [0.2, 0.25) is 0 Å². The van der Waals surface area contributed by atoms with Crippen molar-refractivity contribution in [3.8, 4) is 0 Å². The van der Waals surface area contributed by atoms with Crippen LogP contribution in [0.1, 0.15) is 25.7 Å². The Labute approximate surface area is 77.9 Å². The maximum absolute atomic E-state index is 12.2. The predicted molar refractivity (Wildman–Crippen MR) is 39.0 cm³/mol. The van der Waals surface area contributed by atoms with Crippen molar-refractivity contribution in [1.29, 1.82) is 0 Å². The first-order valence-electron chi connectivity index (χ1n) is 4.33. The van der Waals surface area contributed by atoms with Crippen LogP contribution in [-0.2, 0) is 0 Å². The van der Waals surface area contributed by atoms with Gasteiger partial charge in [-0.1, -0.05) is 0 Å². The Morgan fingerprint density at radius 1 is 1.29 bits per heavy atom. The van der Waals surface area contributed by atoms with Crippen LogP contribution in [0, 0.1) is 5.92 Å². The second kappa shape index (κ2) is 3.64. The summed E-state index contributed by atoms with van der Waals surface area (Å²) < 4.78 is 61.1. The molecule has 0 radical (unpaired) electrons. The molecule has 2 unspecified atom stereocenters. The fraction of sp³-hybridized carbons (Fsp3) is 1.00. The van der Waals surface area contributed by atoms with E-state index >= 15 is 0 Å². The molecule has 6 heteroatoms. The molecule has 1 rings (SSSR count). The highest BCUT2D eigenvalue weighted by Gasteiger charge is 2.50. The molecule has 1 nitrogen and oxygen atoms in total.